The standard InChI is InChI=1S/C17H11BrFN3OS/c18-12-8-10(4-5-13(12)19)14-11(9-20)17(24)21-16(23)15(14)22-6-2-1-3-7-22/h1-8,14-15,20H/p+1/t14?,15-/m1/s1. The predicted molar refractivity (Wildman–Crippen MR) is 94.5 cm³/mol. The van der Waals surface area contributed by atoms with Gasteiger partial charge in [-0.25, -0.2) is 4.39 Å². The van der Waals surface area contributed by atoms with Crippen LogP contribution in [0.5, 0.6) is 0 Å². The summed E-state index contributed by atoms with van der Waals surface area (Å²) < 4.78 is 15.6. The van der Waals surface area contributed by atoms with E-state index < -0.39 is 17.8 Å². The molecule has 2 atom stereocenters. The summed E-state index contributed by atoms with van der Waals surface area (Å²) in [5.41, 5.74) is 1.07. The van der Waals surface area contributed by atoms with Crippen LogP contribution in [0.1, 0.15) is 17.5 Å². The van der Waals surface area contributed by atoms with Crippen LogP contribution in [-0.2, 0) is 4.79 Å². The van der Waals surface area contributed by atoms with Crippen LogP contribution < -0.4 is 9.88 Å². The summed E-state index contributed by atoms with van der Waals surface area (Å²) in [6, 6.07) is 9.34. The van der Waals surface area contributed by atoms with Crippen LogP contribution in [0.15, 0.2) is 58.8 Å². The fraction of sp³-hybridized carbons (Fsp3) is 0.118. The molecule has 1 fully saturated rings. The molecule has 0 spiro atoms. The van der Waals surface area contributed by atoms with E-state index in [1.54, 1.807) is 29.1 Å². The highest BCUT2D eigenvalue weighted by Crippen LogP contribution is 2.36. The maximum absolute atomic E-state index is 13.6. The van der Waals surface area contributed by atoms with Crippen molar-refractivity contribution in [2.24, 2.45) is 0 Å². The Balaban J connectivity index is 2.20. The lowest BCUT2D eigenvalue weighted by atomic mass is 9.82. The van der Waals surface area contributed by atoms with Gasteiger partial charge < -0.3 is 5.32 Å². The summed E-state index contributed by atoms with van der Waals surface area (Å²) in [6.07, 6.45) is 3.54. The van der Waals surface area contributed by atoms with E-state index in [0.29, 0.717) is 11.1 Å². The first-order valence-electron chi connectivity index (χ1n) is 7.08. The zero-order valence-electron chi connectivity index (χ0n) is 12.3. The average Bonchev–Trinajstić information content (AvgIpc) is 2.57. The number of thiocarbonyl (C=S) groups is 1. The zero-order valence-corrected chi connectivity index (χ0v) is 14.7. The molecular formula is C17H12BrFN3OS+. The molecule has 2 N–H and O–H groups in total. The van der Waals surface area contributed by atoms with Crippen molar-refractivity contribution in [3.8, 4) is 0 Å². The van der Waals surface area contributed by atoms with Gasteiger partial charge in [0.05, 0.1) is 16.0 Å². The second kappa shape index (κ2) is 6.73. The van der Waals surface area contributed by atoms with Gasteiger partial charge in [0, 0.05) is 12.1 Å². The van der Waals surface area contributed by atoms with Crippen molar-refractivity contribution in [3.63, 3.8) is 0 Å². The van der Waals surface area contributed by atoms with E-state index in [2.05, 4.69) is 27.1 Å². The molecule has 1 aromatic heterocycles. The molecule has 4 nitrogen and oxygen atoms in total. The Bertz CT molecular complexity index is 881. The Hall–Kier alpha value is -2.21. The molecule has 3 rings (SSSR count). The molecule has 1 unspecified atom stereocenters. The van der Waals surface area contributed by atoms with E-state index in [0.717, 1.165) is 0 Å². The van der Waals surface area contributed by atoms with Crippen LogP contribution in [0, 0.1) is 11.2 Å². The monoisotopic (exact) mass is 404 g/mol. The second-order valence-electron chi connectivity index (χ2n) is 5.28. The Kier molecular flexibility index (Phi) is 4.66. The number of carbonyl (C=O) groups excluding carboxylic acids is 1. The minimum Gasteiger partial charge on any atom is -0.310 e. The number of halogens is 2. The highest BCUT2D eigenvalue weighted by Gasteiger charge is 2.45. The van der Waals surface area contributed by atoms with Gasteiger partial charge in [0.2, 0.25) is 6.04 Å². The number of piperidine rings is 1. The number of carbonyl (C=O) groups is 1. The second-order valence-corrected chi connectivity index (χ2v) is 6.54. The molecule has 1 aromatic carbocycles. The Morgan fingerprint density at radius 3 is 2.62 bits per heavy atom. The fourth-order valence-electron chi connectivity index (χ4n) is 2.80. The molecule has 1 amide bonds. The maximum atomic E-state index is 13.6. The van der Waals surface area contributed by atoms with Gasteiger partial charge >= 0.3 is 0 Å². The number of benzene rings is 1. The van der Waals surface area contributed by atoms with E-state index in [9.17, 15) is 9.18 Å². The normalized spacial score (nSPS) is 20.5. The van der Waals surface area contributed by atoms with Gasteiger partial charge in [0.1, 0.15) is 10.8 Å². The van der Waals surface area contributed by atoms with Gasteiger partial charge in [-0.3, -0.25) is 10.2 Å². The first kappa shape index (κ1) is 16.6. The molecule has 24 heavy (non-hydrogen) atoms. The van der Waals surface area contributed by atoms with E-state index in [4.69, 9.17) is 17.6 Å². The van der Waals surface area contributed by atoms with Crippen molar-refractivity contribution >= 4 is 44.9 Å². The third kappa shape index (κ3) is 2.94. The van der Waals surface area contributed by atoms with Crippen molar-refractivity contribution in [1.82, 2.24) is 5.32 Å². The molecule has 2 aromatic rings. The number of pyridine rings is 1. The van der Waals surface area contributed by atoms with Crippen molar-refractivity contribution < 1.29 is 13.8 Å². The third-order valence-corrected chi connectivity index (χ3v) is 4.80. The molecule has 7 heteroatoms. The quantitative estimate of drug-likeness (QED) is 0.350. The summed E-state index contributed by atoms with van der Waals surface area (Å²) in [5.74, 6) is 1.14. The maximum Gasteiger partial charge on any atom is 0.295 e. The number of hydrogen-bond acceptors (Lipinski definition) is 3. The number of nitrogens with one attached hydrogen (secondary N) is 2. The minimum absolute atomic E-state index is 0.174. The largest absolute Gasteiger partial charge is 0.310 e. The lowest BCUT2D eigenvalue weighted by molar-refractivity contribution is -0.711. The molecule has 0 saturated carbocycles. The summed E-state index contributed by atoms with van der Waals surface area (Å²) in [6.45, 7) is 0. The smallest absolute Gasteiger partial charge is 0.295 e. The zero-order chi connectivity index (χ0) is 17.3. The molecule has 1 aliphatic rings. The summed E-state index contributed by atoms with van der Waals surface area (Å²) >= 11 is 8.36. The summed E-state index contributed by atoms with van der Waals surface area (Å²) in [5, 5.41) is 10.2. The van der Waals surface area contributed by atoms with Crippen molar-refractivity contribution in [1.29, 1.82) is 5.41 Å². The van der Waals surface area contributed by atoms with Crippen LogP contribution in [0.4, 0.5) is 4.39 Å². The molecule has 0 bridgehead atoms. The van der Waals surface area contributed by atoms with E-state index in [1.165, 1.54) is 6.07 Å². The summed E-state index contributed by atoms with van der Waals surface area (Å²) in [4.78, 5) is 12.8. The molecule has 1 saturated heterocycles. The number of nitrogens with zero attached hydrogens (tertiary/aromatic N) is 1. The summed E-state index contributed by atoms with van der Waals surface area (Å²) in [7, 11) is 0. The molecule has 120 valence electrons. The highest BCUT2D eigenvalue weighted by molar-refractivity contribution is 9.10. The number of amides is 1. The molecule has 1 aliphatic heterocycles. The number of rotatable bonds is 2. The van der Waals surface area contributed by atoms with E-state index >= 15 is 0 Å². The third-order valence-electron chi connectivity index (χ3n) is 3.87. The van der Waals surface area contributed by atoms with Crippen LogP contribution in [0.2, 0.25) is 0 Å². The Labute approximate surface area is 151 Å². The lowest BCUT2D eigenvalue weighted by Gasteiger charge is -2.29. The van der Waals surface area contributed by atoms with Crippen LogP contribution in [0.25, 0.3) is 0 Å². The van der Waals surface area contributed by atoms with Crippen molar-refractivity contribution in [2.45, 2.75) is 12.0 Å². The lowest BCUT2D eigenvalue weighted by Crippen LogP contribution is -2.56. The van der Waals surface area contributed by atoms with Crippen molar-refractivity contribution in [2.75, 3.05) is 0 Å². The molecule has 2 heterocycles. The highest BCUT2D eigenvalue weighted by atomic mass is 79.9. The van der Waals surface area contributed by atoms with Gasteiger partial charge in [-0.05, 0) is 39.5 Å². The molecular weight excluding hydrogens is 393 g/mol. The Morgan fingerprint density at radius 1 is 1.29 bits per heavy atom. The first-order chi connectivity index (χ1) is 11.5. The van der Waals surface area contributed by atoms with E-state index in [1.807, 2.05) is 18.2 Å². The molecule has 0 radical (unpaired) electrons. The molecule has 0 aliphatic carbocycles. The van der Waals surface area contributed by atoms with Gasteiger partial charge in [-0.15, -0.1) is 0 Å². The van der Waals surface area contributed by atoms with Crippen LogP contribution in [0.3, 0.4) is 0 Å². The van der Waals surface area contributed by atoms with Gasteiger partial charge in [-0.1, -0.05) is 24.4 Å². The minimum atomic E-state index is -0.650. The number of hydrogen-bond donors (Lipinski definition) is 2. The topological polar surface area (TPSA) is 56.8 Å². The van der Waals surface area contributed by atoms with Crippen molar-refractivity contribution in [3.05, 3.63) is 70.2 Å². The van der Waals surface area contributed by atoms with Gasteiger partial charge in [0.25, 0.3) is 5.91 Å². The predicted octanol–water partition coefficient (Wildman–Crippen LogP) is 2.83. The SMILES string of the molecule is N=C=C1C(=S)NC(=O)[C@H]([n+]2ccccc2)C1c1ccc(F)c(Br)c1. The first-order valence-corrected chi connectivity index (χ1v) is 8.28. The van der Waals surface area contributed by atoms with Crippen LogP contribution >= 0.6 is 28.1 Å². The fourth-order valence-corrected chi connectivity index (χ4v) is 3.47. The van der Waals surface area contributed by atoms with Crippen LogP contribution in [-0.4, -0.2) is 16.8 Å². The Morgan fingerprint density at radius 2 is 2.00 bits per heavy atom. The van der Waals surface area contributed by atoms with Gasteiger partial charge in [0.15, 0.2) is 12.4 Å². The van der Waals surface area contributed by atoms with E-state index in [-0.39, 0.29) is 15.4 Å². The number of aromatic nitrogens is 1. The van der Waals surface area contributed by atoms with Gasteiger partial charge in [-0.2, -0.15) is 4.57 Å². The average molecular weight is 405 g/mol.